The number of nitrogens with zero attached hydrogens (tertiary/aromatic N) is 2. The molecule has 2 heterocycles. The van der Waals surface area contributed by atoms with Gasteiger partial charge < -0.3 is 5.73 Å². The number of anilines is 1. The highest BCUT2D eigenvalue weighted by atomic mass is 14.8. The molecule has 0 saturated carbocycles. The summed E-state index contributed by atoms with van der Waals surface area (Å²) in [6.07, 6.45) is 3.53. The summed E-state index contributed by atoms with van der Waals surface area (Å²) in [4.78, 5) is 8.53. The first kappa shape index (κ1) is 9.65. The number of nitrogen functional groups attached to an aromatic ring is 1. The van der Waals surface area contributed by atoms with E-state index in [1.54, 1.807) is 12.4 Å². The van der Waals surface area contributed by atoms with Crippen molar-refractivity contribution in [2.24, 2.45) is 0 Å². The van der Waals surface area contributed by atoms with Gasteiger partial charge in [-0.25, -0.2) is 0 Å². The molecule has 0 aliphatic heterocycles. The summed E-state index contributed by atoms with van der Waals surface area (Å²) in [7, 11) is 0. The van der Waals surface area contributed by atoms with E-state index in [1.165, 1.54) is 0 Å². The topological polar surface area (TPSA) is 51.8 Å². The Morgan fingerprint density at radius 2 is 1.80 bits per heavy atom. The van der Waals surface area contributed by atoms with E-state index in [-0.39, 0.29) is 0 Å². The molecule has 0 radical (unpaired) electrons. The first-order chi connectivity index (χ1) is 7.18. The van der Waals surface area contributed by atoms with Crippen molar-refractivity contribution < 1.29 is 0 Å². The molecule has 0 fully saturated rings. The lowest BCUT2D eigenvalue weighted by Crippen LogP contribution is -1.97. The van der Waals surface area contributed by atoms with Gasteiger partial charge in [0.15, 0.2) is 0 Å². The Bertz CT molecular complexity index is 492. The zero-order valence-corrected chi connectivity index (χ0v) is 8.86. The van der Waals surface area contributed by atoms with Crippen LogP contribution in [0.15, 0.2) is 30.6 Å². The van der Waals surface area contributed by atoms with Crippen LogP contribution in [0.5, 0.6) is 0 Å². The summed E-state index contributed by atoms with van der Waals surface area (Å²) in [6.45, 7) is 3.99. The molecule has 15 heavy (non-hydrogen) atoms. The summed E-state index contributed by atoms with van der Waals surface area (Å²) in [5, 5.41) is 0. The second-order valence-corrected chi connectivity index (χ2v) is 3.61. The number of pyridine rings is 2. The van der Waals surface area contributed by atoms with Crippen LogP contribution in [0.4, 0.5) is 5.69 Å². The Hall–Kier alpha value is -1.90. The van der Waals surface area contributed by atoms with E-state index in [0.717, 1.165) is 22.5 Å². The number of nitrogens with two attached hydrogens (primary N) is 1. The fourth-order valence-corrected chi connectivity index (χ4v) is 1.44. The smallest absolute Gasteiger partial charge is 0.112 e. The van der Waals surface area contributed by atoms with Crippen molar-refractivity contribution >= 4 is 5.69 Å². The third kappa shape index (κ3) is 1.81. The predicted octanol–water partition coefficient (Wildman–Crippen LogP) is 2.34. The lowest BCUT2D eigenvalue weighted by molar-refractivity contribution is 1.22. The molecule has 0 amide bonds. The van der Waals surface area contributed by atoms with E-state index >= 15 is 0 Å². The third-order valence-corrected chi connectivity index (χ3v) is 2.37. The summed E-state index contributed by atoms with van der Waals surface area (Å²) in [5.41, 5.74) is 10.4. The highest BCUT2D eigenvalue weighted by Crippen LogP contribution is 2.24. The highest BCUT2D eigenvalue weighted by molar-refractivity contribution is 5.72. The SMILES string of the molecule is Cc1ccnc(-c2nccc(C)c2N)c1. The van der Waals surface area contributed by atoms with Crippen LogP contribution in [-0.4, -0.2) is 9.97 Å². The Balaban J connectivity index is 2.59. The molecule has 2 N–H and O–H groups in total. The lowest BCUT2D eigenvalue weighted by atomic mass is 10.1. The molecule has 3 nitrogen and oxygen atoms in total. The molecule has 3 heteroatoms. The monoisotopic (exact) mass is 199 g/mol. The number of aromatic nitrogens is 2. The van der Waals surface area contributed by atoms with Crippen LogP contribution in [0.25, 0.3) is 11.4 Å². The van der Waals surface area contributed by atoms with Crippen LogP contribution < -0.4 is 5.73 Å². The van der Waals surface area contributed by atoms with Crippen molar-refractivity contribution in [3.63, 3.8) is 0 Å². The second kappa shape index (κ2) is 3.69. The van der Waals surface area contributed by atoms with Crippen molar-refractivity contribution in [3.05, 3.63) is 41.7 Å². The molecule has 0 aliphatic carbocycles. The fourth-order valence-electron chi connectivity index (χ4n) is 1.44. The lowest BCUT2D eigenvalue weighted by Gasteiger charge is -2.06. The summed E-state index contributed by atoms with van der Waals surface area (Å²) >= 11 is 0. The quantitative estimate of drug-likeness (QED) is 0.767. The van der Waals surface area contributed by atoms with Gasteiger partial charge >= 0.3 is 0 Å². The van der Waals surface area contributed by atoms with Gasteiger partial charge in [-0.05, 0) is 43.2 Å². The van der Waals surface area contributed by atoms with Gasteiger partial charge in [0.1, 0.15) is 5.69 Å². The van der Waals surface area contributed by atoms with Crippen molar-refractivity contribution in [2.45, 2.75) is 13.8 Å². The summed E-state index contributed by atoms with van der Waals surface area (Å²) in [6, 6.07) is 5.84. The normalized spacial score (nSPS) is 10.3. The van der Waals surface area contributed by atoms with E-state index in [1.807, 2.05) is 32.0 Å². The maximum Gasteiger partial charge on any atom is 0.112 e. The average Bonchev–Trinajstić information content (AvgIpc) is 2.22. The van der Waals surface area contributed by atoms with Gasteiger partial charge in [-0.15, -0.1) is 0 Å². The zero-order chi connectivity index (χ0) is 10.8. The maximum atomic E-state index is 5.96. The minimum absolute atomic E-state index is 0.704. The third-order valence-electron chi connectivity index (χ3n) is 2.37. The first-order valence-electron chi connectivity index (χ1n) is 4.82. The van der Waals surface area contributed by atoms with Crippen LogP contribution in [0.2, 0.25) is 0 Å². The molecule has 0 spiro atoms. The summed E-state index contributed by atoms with van der Waals surface area (Å²) in [5.74, 6) is 0. The maximum absolute atomic E-state index is 5.96. The second-order valence-electron chi connectivity index (χ2n) is 3.61. The van der Waals surface area contributed by atoms with E-state index < -0.39 is 0 Å². The molecule has 2 rings (SSSR count). The molecule has 0 unspecified atom stereocenters. The van der Waals surface area contributed by atoms with Crippen LogP contribution in [0, 0.1) is 13.8 Å². The average molecular weight is 199 g/mol. The van der Waals surface area contributed by atoms with E-state index in [9.17, 15) is 0 Å². The molecule has 0 atom stereocenters. The van der Waals surface area contributed by atoms with Gasteiger partial charge in [0, 0.05) is 12.4 Å². The number of hydrogen-bond acceptors (Lipinski definition) is 3. The van der Waals surface area contributed by atoms with Gasteiger partial charge in [-0.1, -0.05) is 0 Å². The molecule has 2 aromatic heterocycles. The van der Waals surface area contributed by atoms with Crippen LogP contribution in [0.1, 0.15) is 11.1 Å². The van der Waals surface area contributed by atoms with Crippen molar-refractivity contribution in [1.29, 1.82) is 0 Å². The van der Waals surface area contributed by atoms with Crippen molar-refractivity contribution in [2.75, 3.05) is 5.73 Å². The van der Waals surface area contributed by atoms with Gasteiger partial charge in [0.05, 0.1) is 11.4 Å². The number of hydrogen-bond donors (Lipinski definition) is 1. The highest BCUT2D eigenvalue weighted by Gasteiger charge is 2.06. The Kier molecular flexibility index (Phi) is 2.37. The van der Waals surface area contributed by atoms with Crippen LogP contribution in [0.3, 0.4) is 0 Å². The molecular formula is C12H13N3. The zero-order valence-electron chi connectivity index (χ0n) is 8.86. The van der Waals surface area contributed by atoms with Crippen molar-refractivity contribution in [1.82, 2.24) is 9.97 Å². The largest absolute Gasteiger partial charge is 0.397 e. The first-order valence-corrected chi connectivity index (χ1v) is 4.82. The number of rotatable bonds is 1. The van der Waals surface area contributed by atoms with Crippen LogP contribution in [-0.2, 0) is 0 Å². The van der Waals surface area contributed by atoms with Gasteiger partial charge in [-0.3, -0.25) is 9.97 Å². The van der Waals surface area contributed by atoms with E-state index in [2.05, 4.69) is 9.97 Å². The minimum atomic E-state index is 0.704. The van der Waals surface area contributed by atoms with Gasteiger partial charge in [0.2, 0.25) is 0 Å². The van der Waals surface area contributed by atoms with Gasteiger partial charge in [-0.2, -0.15) is 0 Å². The van der Waals surface area contributed by atoms with Crippen LogP contribution >= 0.6 is 0 Å². The molecular weight excluding hydrogens is 186 g/mol. The predicted molar refractivity (Wildman–Crippen MR) is 61.4 cm³/mol. The molecule has 0 saturated heterocycles. The summed E-state index contributed by atoms with van der Waals surface area (Å²) < 4.78 is 0. The molecule has 0 bridgehead atoms. The molecule has 76 valence electrons. The van der Waals surface area contributed by atoms with E-state index in [0.29, 0.717) is 5.69 Å². The Morgan fingerprint density at radius 1 is 1.07 bits per heavy atom. The standard InChI is InChI=1S/C12H13N3/c1-8-3-5-14-10(7-8)12-11(13)9(2)4-6-15-12/h3-7H,13H2,1-2H3. The number of aryl methyl sites for hydroxylation is 2. The van der Waals surface area contributed by atoms with E-state index in [4.69, 9.17) is 5.73 Å². The molecule has 0 aromatic carbocycles. The van der Waals surface area contributed by atoms with Crippen molar-refractivity contribution in [3.8, 4) is 11.4 Å². The van der Waals surface area contributed by atoms with Gasteiger partial charge in [0.25, 0.3) is 0 Å². The molecule has 2 aromatic rings. The fraction of sp³-hybridized carbons (Fsp3) is 0.167. The Morgan fingerprint density at radius 3 is 2.53 bits per heavy atom. The minimum Gasteiger partial charge on any atom is -0.397 e. The Labute approximate surface area is 89.0 Å². The molecule has 0 aliphatic rings.